The Balaban J connectivity index is 2.01. The van der Waals surface area contributed by atoms with Crippen molar-refractivity contribution in [2.45, 2.75) is 0 Å². The van der Waals surface area contributed by atoms with Crippen LogP contribution in [0.2, 0.25) is 0 Å². The number of anilines is 1. The Hall–Kier alpha value is -1.56. The zero-order chi connectivity index (χ0) is 12.1. The average molecular weight is 338 g/mol. The second-order valence-corrected chi connectivity index (χ2v) is 4.59. The van der Waals surface area contributed by atoms with Crippen molar-refractivity contribution < 1.29 is 4.79 Å². The SMILES string of the molecule is O=C(NNc1ccccc1)c1ccccc1I. The van der Waals surface area contributed by atoms with Crippen LogP contribution in [0, 0.1) is 3.57 Å². The number of hydrogen-bond acceptors (Lipinski definition) is 2. The second-order valence-electron chi connectivity index (χ2n) is 3.42. The molecule has 0 saturated carbocycles. The van der Waals surface area contributed by atoms with Crippen LogP contribution in [0.25, 0.3) is 0 Å². The van der Waals surface area contributed by atoms with Crippen LogP contribution in [-0.4, -0.2) is 5.91 Å². The Labute approximate surface area is 113 Å². The molecule has 0 atom stereocenters. The lowest BCUT2D eigenvalue weighted by Gasteiger charge is -2.09. The molecule has 0 aliphatic rings. The molecule has 0 aliphatic carbocycles. The van der Waals surface area contributed by atoms with E-state index in [0.717, 1.165) is 9.26 Å². The van der Waals surface area contributed by atoms with E-state index in [-0.39, 0.29) is 5.91 Å². The number of rotatable bonds is 3. The molecule has 1 amide bonds. The molecule has 0 aromatic heterocycles. The fourth-order valence-corrected chi connectivity index (χ4v) is 2.00. The van der Waals surface area contributed by atoms with Gasteiger partial charge in [0.2, 0.25) is 0 Å². The number of carbonyl (C=O) groups is 1. The minimum atomic E-state index is -0.140. The molecular weight excluding hydrogens is 327 g/mol. The highest BCUT2D eigenvalue weighted by molar-refractivity contribution is 14.1. The number of hydrazine groups is 1. The Kier molecular flexibility index (Phi) is 3.98. The lowest BCUT2D eigenvalue weighted by Crippen LogP contribution is -2.29. The average Bonchev–Trinajstić information content (AvgIpc) is 2.38. The Morgan fingerprint density at radius 3 is 2.29 bits per heavy atom. The molecule has 2 aromatic rings. The Bertz CT molecular complexity index is 514. The minimum Gasteiger partial charge on any atom is -0.298 e. The van der Waals surface area contributed by atoms with E-state index in [0.29, 0.717) is 5.56 Å². The molecule has 0 spiro atoms. The third-order valence-electron chi connectivity index (χ3n) is 2.21. The largest absolute Gasteiger partial charge is 0.298 e. The molecule has 0 fully saturated rings. The van der Waals surface area contributed by atoms with E-state index < -0.39 is 0 Å². The van der Waals surface area contributed by atoms with Crippen molar-refractivity contribution in [1.82, 2.24) is 5.43 Å². The van der Waals surface area contributed by atoms with Crippen LogP contribution in [0.5, 0.6) is 0 Å². The molecule has 0 aliphatic heterocycles. The summed E-state index contributed by atoms with van der Waals surface area (Å²) >= 11 is 2.14. The maximum absolute atomic E-state index is 11.9. The first-order chi connectivity index (χ1) is 8.27. The predicted molar refractivity (Wildman–Crippen MR) is 76.7 cm³/mol. The van der Waals surface area contributed by atoms with Crippen molar-refractivity contribution in [1.29, 1.82) is 0 Å². The zero-order valence-corrected chi connectivity index (χ0v) is 11.1. The van der Waals surface area contributed by atoms with E-state index >= 15 is 0 Å². The summed E-state index contributed by atoms with van der Waals surface area (Å²) in [4.78, 5) is 11.9. The van der Waals surface area contributed by atoms with E-state index in [9.17, 15) is 4.79 Å². The third kappa shape index (κ3) is 3.20. The van der Waals surface area contributed by atoms with E-state index in [1.54, 1.807) is 6.07 Å². The standard InChI is InChI=1S/C13H11IN2O/c14-12-9-5-4-8-11(12)13(17)16-15-10-6-2-1-3-7-10/h1-9,15H,(H,16,17). The van der Waals surface area contributed by atoms with E-state index in [2.05, 4.69) is 33.4 Å². The summed E-state index contributed by atoms with van der Waals surface area (Å²) < 4.78 is 0.928. The summed E-state index contributed by atoms with van der Waals surface area (Å²) in [5, 5.41) is 0. The number of halogens is 1. The van der Waals surface area contributed by atoms with Gasteiger partial charge in [-0.05, 0) is 46.9 Å². The molecular formula is C13H11IN2O. The first-order valence-electron chi connectivity index (χ1n) is 5.13. The van der Waals surface area contributed by atoms with Gasteiger partial charge in [-0.1, -0.05) is 30.3 Å². The zero-order valence-electron chi connectivity index (χ0n) is 8.98. The second kappa shape index (κ2) is 5.67. The van der Waals surface area contributed by atoms with Crippen LogP contribution >= 0.6 is 22.6 Å². The Morgan fingerprint density at radius 2 is 1.59 bits per heavy atom. The fourth-order valence-electron chi connectivity index (χ4n) is 1.36. The van der Waals surface area contributed by atoms with Crippen molar-refractivity contribution in [2.24, 2.45) is 0 Å². The van der Waals surface area contributed by atoms with Gasteiger partial charge in [-0.2, -0.15) is 0 Å². The van der Waals surface area contributed by atoms with Crippen molar-refractivity contribution in [2.75, 3.05) is 5.43 Å². The number of nitrogens with one attached hydrogen (secondary N) is 2. The molecule has 17 heavy (non-hydrogen) atoms. The highest BCUT2D eigenvalue weighted by atomic mass is 127. The van der Waals surface area contributed by atoms with Gasteiger partial charge in [0.05, 0.1) is 11.3 Å². The summed E-state index contributed by atoms with van der Waals surface area (Å²) in [5.41, 5.74) is 7.05. The number of benzene rings is 2. The molecule has 0 unspecified atom stereocenters. The molecule has 4 heteroatoms. The highest BCUT2D eigenvalue weighted by Gasteiger charge is 2.07. The quantitative estimate of drug-likeness (QED) is 0.667. The highest BCUT2D eigenvalue weighted by Crippen LogP contribution is 2.11. The van der Waals surface area contributed by atoms with Crippen molar-refractivity contribution in [3.8, 4) is 0 Å². The van der Waals surface area contributed by atoms with Gasteiger partial charge < -0.3 is 0 Å². The smallest absolute Gasteiger partial charge is 0.270 e. The number of amides is 1. The maximum Gasteiger partial charge on any atom is 0.270 e. The Morgan fingerprint density at radius 1 is 0.941 bits per heavy atom. The molecule has 86 valence electrons. The van der Waals surface area contributed by atoms with Crippen LogP contribution in [0.4, 0.5) is 5.69 Å². The van der Waals surface area contributed by atoms with Crippen LogP contribution in [0.3, 0.4) is 0 Å². The van der Waals surface area contributed by atoms with Gasteiger partial charge in [0, 0.05) is 3.57 Å². The van der Waals surface area contributed by atoms with E-state index in [4.69, 9.17) is 0 Å². The van der Waals surface area contributed by atoms with Crippen LogP contribution in [0.15, 0.2) is 54.6 Å². The molecule has 0 radical (unpaired) electrons. The molecule has 0 saturated heterocycles. The molecule has 0 bridgehead atoms. The summed E-state index contributed by atoms with van der Waals surface area (Å²) in [6, 6.07) is 17.0. The lowest BCUT2D eigenvalue weighted by atomic mass is 10.2. The van der Waals surface area contributed by atoms with Crippen LogP contribution in [-0.2, 0) is 0 Å². The first kappa shape index (κ1) is 11.9. The molecule has 3 nitrogen and oxygen atoms in total. The first-order valence-corrected chi connectivity index (χ1v) is 6.21. The molecule has 0 heterocycles. The fraction of sp³-hybridized carbons (Fsp3) is 0. The summed E-state index contributed by atoms with van der Waals surface area (Å²) in [7, 11) is 0. The van der Waals surface area contributed by atoms with Gasteiger partial charge in [-0.15, -0.1) is 0 Å². The van der Waals surface area contributed by atoms with Crippen LogP contribution in [0.1, 0.15) is 10.4 Å². The van der Waals surface area contributed by atoms with Crippen molar-refractivity contribution in [3.05, 3.63) is 63.7 Å². The van der Waals surface area contributed by atoms with E-state index in [1.165, 1.54) is 0 Å². The maximum atomic E-state index is 11.9. The number of para-hydroxylation sites is 1. The summed E-state index contributed by atoms with van der Waals surface area (Å²) in [6.45, 7) is 0. The predicted octanol–water partition coefficient (Wildman–Crippen LogP) is 3.05. The summed E-state index contributed by atoms with van der Waals surface area (Å²) in [6.07, 6.45) is 0. The van der Waals surface area contributed by atoms with Crippen LogP contribution < -0.4 is 10.9 Å². The van der Waals surface area contributed by atoms with Crippen molar-refractivity contribution >= 4 is 34.2 Å². The molecule has 2 aromatic carbocycles. The number of carbonyl (C=O) groups excluding carboxylic acids is 1. The van der Waals surface area contributed by atoms with Crippen molar-refractivity contribution in [3.63, 3.8) is 0 Å². The van der Waals surface area contributed by atoms with Gasteiger partial charge in [-0.3, -0.25) is 15.6 Å². The normalized spacial score (nSPS) is 9.71. The van der Waals surface area contributed by atoms with Gasteiger partial charge in [0.15, 0.2) is 0 Å². The molecule has 2 N–H and O–H groups in total. The topological polar surface area (TPSA) is 41.1 Å². The van der Waals surface area contributed by atoms with Gasteiger partial charge in [0.25, 0.3) is 5.91 Å². The lowest BCUT2D eigenvalue weighted by molar-refractivity contribution is 0.0962. The minimum absolute atomic E-state index is 0.140. The van der Waals surface area contributed by atoms with Gasteiger partial charge in [0.1, 0.15) is 0 Å². The summed E-state index contributed by atoms with van der Waals surface area (Å²) in [5.74, 6) is -0.140. The van der Waals surface area contributed by atoms with Gasteiger partial charge >= 0.3 is 0 Å². The number of hydrogen-bond donors (Lipinski definition) is 2. The van der Waals surface area contributed by atoms with Gasteiger partial charge in [-0.25, -0.2) is 0 Å². The third-order valence-corrected chi connectivity index (χ3v) is 3.15. The molecule has 2 rings (SSSR count). The van der Waals surface area contributed by atoms with E-state index in [1.807, 2.05) is 48.5 Å². The monoisotopic (exact) mass is 338 g/mol.